The number of esters is 1. The summed E-state index contributed by atoms with van der Waals surface area (Å²) in [5.41, 5.74) is 0.272. The fourth-order valence-electron chi connectivity index (χ4n) is 2.35. The number of benzene rings is 1. The minimum atomic E-state index is -3.45. The first kappa shape index (κ1) is 16.8. The van der Waals surface area contributed by atoms with Gasteiger partial charge in [-0.25, -0.2) is 27.6 Å². The second kappa shape index (κ2) is 6.13. The van der Waals surface area contributed by atoms with Crippen LogP contribution in [-0.2, 0) is 14.8 Å². The maximum absolute atomic E-state index is 12.5. The lowest BCUT2D eigenvalue weighted by atomic mass is 10.2. The van der Waals surface area contributed by atoms with E-state index in [0.717, 1.165) is 16.9 Å². The highest BCUT2D eigenvalue weighted by atomic mass is 32.2. The van der Waals surface area contributed by atoms with Crippen LogP contribution in [0, 0.1) is 0 Å². The van der Waals surface area contributed by atoms with Crippen LogP contribution >= 0.6 is 0 Å². The van der Waals surface area contributed by atoms with Gasteiger partial charge in [-0.15, -0.1) is 0 Å². The number of fused-ring (bicyclic) bond motifs is 3. The molecule has 0 atom stereocenters. The second-order valence-corrected chi connectivity index (χ2v) is 6.99. The predicted molar refractivity (Wildman–Crippen MR) is 91.2 cm³/mol. The normalized spacial score (nSPS) is 11.6. The number of carbonyl (C=O) groups is 1. The summed E-state index contributed by atoms with van der Waals surface area (Å²) in [5, 5.41) is 0.462. The summed E-state index contributed by atoms with van der Waals surface area (Å²) >= 11 is 0. The van der Waals surface area contributed by atoms with Crippen LogP contribution < -0.4 is 10.3 Å². The lowest BCUT2D eigenvalue weighted by Gasteiger charge is -2.08. The molecule has 10 heteroatoms. The number of sulfonamides is 1. The lowest BCUT2D eigenvalue weighted by Crippen LogP contribution is -2.24. The van der Waals surface area contributed by atoms with Crippen molar-refractivity contribution >= 4 is 38.2 Å². The van der Waals surface area contributed by atoms with Crippen molar-refractivity contribution in [1.29, 1.82) is 0 Å². The Hall–Kier alpha value is -3.01. The topological polar surface area (TPSA) is 120 Å². The van der Waals surface area contributed by atoms with E-state index >= 15 is 0 Å². The van der Waals surface area contributed by atoms with Gasteiger partial charge in [0, 0.05) is 17.3 Å². The maximum atomic E-state index is 12.5. The third-order valence-electron chi connectivity index (χ3n) is 3.34. The van der Waals surface area contributed by atoms with E-state index in [4.69, 9.17) is 4.74 Å². The van der Waals surface area contributed by atoms with Gasteiger partial charge in [-0.2, -0.15) is 0 Å². The number of aromatic nitrogens is 3. The van der Waals surface area contributed by atoms with E-state index in [-0.39, 0.29) is 17.8 Å². The number of nitrogens with one attached hydrogen (secondary N) is 1. The average Bonchev–Trinajstić information content (AvgIpc) is 2.53. The van der Waals surface area contributed by atoms with Gasteiger partial charge in [-0.3, -0.25) is 9.52 Å². The SMILES string of the molecule is CCOC(=O)c1cnc2c3cc(NS(C)(=O)=O)ccc3ncn2c1=O. The molecule has 1 aromatic carbocycles. The van der Waals surface area contributed by atoms with Crippen molar-refractivity contribution in [2.75, 3.05) is 17.6 Å². The minimum Gasteiger partial charge on any atom is -0.462 e. The van der Waals surface area contributed by atoms with Crippen molar-refractivity contribution in [2.45, 2.75) is 6.92 Å². The van der Waals surface area contributed by atoms with E-state index in [9.17, 15) is 18.0 Å². The zero-order valence-corrected chi connectivity index (χ0v) is 14.2. The first-order valence-corrected chi connectivity index (χ1v) is 9.14. The van der Waals surface area contributed by atoms with Crippen LogP contribution in [0.1, 0.15) is 17.3 Å². The van der Waals surface area contributed by atoms with Crippen molar-refractivity contribution in [3.05, 3.63) is 46.6 Å². The summed E-state index contributed by atoms with van der Waals surface area (Å²) in [6.45, 7) is 1.77. The molecule has 0 saturated heterocycles. The molecule has 2 heterocycles. The van der Waals surface area contributed by atoms with Crippen LogP contribution in [0.25, 0.3) is 16.6 Å². The number of carbonyl (C=O) groups excluding carboxylic acids is 1. The molecule has 2 aromatic heterocycles. The summed E-state index contributed by atoms with van der Waals surface area (Å²) in [6, 6.07) is 4.68. The Kier molecular flexibility index (Phi) is 4.13. The molecule has 0 aliphatic heterocycles. The predicted octanol–water partition coefficient (Wildman–Crippen LogP) is 0.791. The van der Waals surface area contributed by atoms with E-state index in [1.807, 2.05) is 0 Å². The molecule has 3 aromatic rings. The molecule has 0 bridgehead atoms. The molecular formula is C15H14N4O5S. The number of hydrogen-bond donors (Lipinski definition) is 1. The van der Waals surface area contributed by atoms with E-state index in [1.165, 1.54) is 12.4 Å². The van der Waals surface area contributed by atoms with Crippen molar-refractivity contribution in [2.24, 2.45) is 0 Å². The molecule has 25 heavy (non-hydrogen) atoms. The molecule has 0 fully saturated rings. The molecule has 0 saturated carbocycles. The monoisotopic (exact) mass is 362 g/mol. The Morgan fingerprint density at radius 3 is 2.76 bits per heavy atom. The number of ether oxygens (including phenoxy) is 1. The van der Waals surface area contributed by atoms with Crippen LogP contribution in [-0.4, -0.2) is 41.6 Å². The van der Waals surface area contributed by atoms with Crippen LogP contribution in [0.2, 0.25) is 0 Å². The maximum Gasteiger partial charge on any atom is 0.345 e. The van der Waals surface area contributed by atoms with Gasteiger partial charge in [0.1, 0.15) is 17.5 Å². The Labute approximate surface area is 142 Å². The molecule has 9 nitrogen and oxygen atoms in total. The Bertz CT molecular complexity index is 1150. The molecule has 0 radical (unpaired) electrons. The minimum absolute atomic E-state index is 0.136. The Balaban J connectivity index is 2.24. The van der Waals surface area contributed by atoms with Gasteiger partial charge in [-0.1, -0.05) is 0 Å². The second-order valence-electron chi connectivity index (χ2n) is 5.24. The van der Waals surface area contributed by atoms with Gasteiger partial charge in [0.05, 0.1) is 18.4 Å². The molecular weight excluding hydrogens is 348 g/mol. The molecule has 0 amide bonds. The zero-order chi connectivity index (χ0) is 18.2. The van der Waals surface area contributed by atoms with Gasteiger partial charge in [0.15, 0.2) is 0 Å². The van der Waals surface area contributed by atoms with Crippen molar-refractivity contribution in [3.8, 4) is 0 Å². The van der Waals surface area contributed by atoms with Gasteiger partial charge >= 0.3 is 5.97 Å². The lowest BCUT2D eigenvalue weighted by molar-refractivity contribution is 0.0523. The third-order valence-corrected chi connectivity index (χ3v) is 3.95. The molecule has 0 aliphatic carbocycles. The van der Waals surface area contributed by atoms with E-state index in [2.05, 4.69) is 14.7 Å². The Morgan fingerprint density at radius 1 is 1.32 bits per heavy atom. The highest BCUT2D eigenvalue weighted by molar-refractivity contribution is 7.92. The first-order valence-electron chi connectivity index (χ1n) is 7.25. The fourth-order valence-corrected chi connectivity index (χ4v) is 2.90. The van der Waals surface area contributed by atoms with Crippen LogP contribution in [0.15, 0.2) is 35.5 Å². The molecule has 1 N–H and O–H groups in total. The Morgan fingerprint density at radius 2 is 2.08 bits per heavy atom. The standard InChI is InChI=1S/C15H14N4O5S/c1-3-24-15(21)11-7-16-13-10-6-9(18-25(2,22)23)4-5-12(10)17-8-19(13)14(11)20/h4-8,18H,3H2,1-2H3. The van der Waals surface area contributed by atoms with Gasteiger partial charge in [-0.05, 0) is 25.1 Å². The first-order chi connectivity index (χ1) is 11.8. The van der Waals surface area contributed by atoms with E-state index in [1.54, 1.807) is 19.1 Å². The largest absolute Gasteiger partial charge is 0.462 e. The van der Waals surface area contributed by atoms with Gasteiger partial charge in [0.25, 0.3) is 5.56 Å². The van der Waals surface area contributed by atoms with Gasteiger partial charge in [0.2, 0.25) is 10.0 Å². The summed E-state index contributed by atoms with van der Waals surface area (Å²) in [4.78, 5) is 32.6. The molecule has 0 spiro atoms. The number of nitrogens with zero attached hydrogens (tertiary/aromatic N) is 3. The third kappa shape index (κ3) is 3.29. The van der Waals surface area contributed by atoms with Crippen molar-refractivity contribution in [1.82, 2.24) is 14.4 Å². The number of anilines is 1. The molecule has 3 rings (SSSR count). The quantitative estimate of drug-likeness (QED) is 0.538. The van der Waals surface area contributed by atoms with Gasteiger partial charge < -0.3 is 4.74 Å². The number of hydrogen-bond acceptors (Lipinski definition) is 7. The highest BCUT2D eigenvalue weighted by Crippen LogP contribution is 2.21. The number of rotatable bonds is 4. The molecule has 130 valence electrons. The molecule has 0 unspecified atom stereocenters. The highest BCUT2D eigenvalue weighted by Gasteiger charge is 2.16. The van der Waals surface area contributed by atoms with Crippen molar-refractivity contribution < 1.29 is 17.9 Å². The van der Waals surface area contributed by atoms with Crippen molar-refractivity contribution in [3.63, 3.8) is 0 Å². The van der Waals surface area contributed by atoms with E-state index in [0.29, 0.717) is 16.6 Å². The average molecular weight is 362 g/mol. The van der Waals surface area contributed by atoms with E-state index < -0.39 is 21.6 Å². The zero-order valence-electron chi connectivity index (χ0n) is 13.4. The van der Waals surface area contributed by atoms with Crippen LogP contribution in [0.3, 0.4) is 0 Å². The summed E-state index contributed by atoms with van der Waals surface area (Å²) < 4.78 is 31.1. The smallest absolute Gasteiger partial charge is 0.345 e. The summed E-state index contributed by atoms with van der Waals surface area (Å²) in [6.07, 6.45) is 3.44. The van der Waals surface area contributed by atoms with Crippen LogP contribution in [0.5, 0.6) is 0 Å². The molecule has 0 aliphatic rings. The summed E-state index contributed by atoms with van der Waals surface area (Å²) in [7, 11) is -3.45. The van der Waals surface area contributed by atoms with Crippen LogP contribution in [0.4, 0.5) is 5.69 Å². The summed E-state index contributed by atoms with van der Waals surface area (Å²) in [5.74, 6) is -0.762. The fraction of sp³-hybridized carbons (Fsp3) is 0.200.